The lowest BCUT2D eigenvalue weighted by Crippen LogP contribution is -1.87. The molecule has 0 spiro atoms. The fraction of sp³-hybridized carbons (Fsp3) is 0.0769. The van der Waals surface area contributed by atoms with E-state index in [1.807, 2.05) is 55.5 Å². The average Bonchev–Trinajstić information content (AvgIpc) is 2.22. The molecule has 0 saturated heterocycles. The summed E-state index contributed by atoms with van der Waals surface area (Å²) in [6.07, 6.45) is 0. The number of hydrogen-bond acceptors (Lipinski definition) is 1. The Morgan fingerprint density at radius 1 is 1.00 bits per heavy atom. The smallest absolute Gasteiger partial charge is 0.130 e. The lowest BCUT2D eigenvalue weighted by atomic mass is 10.2. The SMILES string of the molecule is Cc1ccccc1Oc1cccc(I)c1. The zero-order valence-electron chi connectivity index (χ0n) is 8.41. The predicted octanol–water partition coefficient (Wildman–Crippen LogP) is 4.39. The van der Waals surface area contributed by atoms with Crippen LogP contribution in [0.15, 0.2) is 48.5 Å². The summed E-state index contributed by atoms with van der Waals surface area (Å²) in [5.41, 5.74) is 1.15. The molecule has 0 N–H and O–H groups in total. The van der Waals surface area contributed by atoms with Crippen LogP contribution < -0.4 is 4.74 Å². The van der Waals surface area contributed by atoms with Gasteiger partial charge in [0.15, 0.2) is 0 Å². The maximum Gasteiger partial charge on any atom is 0.130 e. The van der Waals surface area contributed by atoms with E-state index >= 15 is 0 Å². The van der Waals surface area contributed by atoms with Crippen LogP contribution in [0.1, 0.15) is 5.56 Å². The van der Waals surface area contributed by atoms with Crippen LogP contribution in [0.3, 0.4) is 0 Å². The van der Waals surface area contributed by atoms with E-state index in [0.29, 0.717) is 0 Å². The lowest BCUT2D eigenvalue weighted by Gasteiger charge is -2.08. The number of halogens is 1. The quantitative estimate of drug-likeness (QED) is 0.748. The molecule has 2 aromatic rings. The van der Waals surface area contributed by atoms with E-state index in [0.717, 1.165) is 17.1 Å². The minimum atomic E-state index is 0.885. The number of benzene rings is 2. The molecular weight excluding hydrogens is 299 g/mol. The number of aryl methyl sites for hydroxylation is 1. The maximum atomic E-state index is 5.79. The Bertz CT molecular complexity index is 466. The molecule has 0 radical (unpaired) electrons. The minimum Gasteiger partial charge on any atom is -0.457 e. The Labute approximate surface area is 103 Å². The van der Waals surface area contributed by atoms with Crippen molar-refractivity contribution in [1.82, 2.24) is 0 Å². The van der Waals surface area contributed by atoms with Gasteiger partial charge in [-0.1, -0.05) is 24.3 Å². The molecule has 0 fully saturated rings. The Kier molecular flexibility index (Phi) is 3.26. The van der Waals surface area contributed by atoms with Crippen molar-refractivity contribution in [2.75, 3.05) is 0 Å². The number of ether oxygens (including phenoxy) is 1. The highest BCUT2D eigenvalue weighted by Gasteiger charge is 1.99. The van der Waals surface area contributed by atoms with Gasteiger partial charge in [-0.15, -0.1) is 0 Å². The summed E-state index contributed by atoms with van der Waals surface area (Å²) in [6.45, 7) is 2.04. The highest BCUT2D eigenvalue weighted by molar-refractivity contribution is 14.1. The molecule has 2 heteroatoms. The van der Waals surface area contributed by atoms with Gasteiger partial charge in [-0.3, -0.25) is 0 Å². The van der Waals surface area contributed by atoms with Crippen LogP contribution in [0, 0.1) is 10.5 Å². The second-order valence-corrected chi connectivity index (χ2v) is 4.57. The molecule has 0 heterocycles. The van der Waals surface area contributed by atoms with Crippen molar-refractivity contribution in [3.05, 3.63) is 57.7 Å². The van der Waals surface area contributed by atoms with Gasteiger partial charge in [-0.2, -0.15) is 0 Å². The van der Waals surface area contributed by atoms with Gasteiger partial charge in [-0.25, -0.2) is 0 Å². The van der Waals surface area contributed by atoms with Gasteiger partial charge in [-0.05, 0) is 59.3 Å². The highest BCUT2D eigenvalue weighted by atomic mass is 127. The van der Waals surface area contributed by atoms with Crippen molar-refractivity contribution in [2.45, 2.75) is 6.92 Å². The zero-order chi connectivity index (χ0) is 10.7. The van der Waals surface area contributed by atoms with Crippen LogP contribution >= 0.6 is 22.6 Å². The Morgan fingerprint density at radius 2 is 1.80 bits per heavy atom. The molecule has 0 aliphatic carbocycles. The first-order chi connectivity index (χ1) is 7.25. The molecule has 2 rings (SSSR count). The van der Waals surface area contributed by atoms with E-state index in [1.54, 1.807) is 0 Å². The fourth-order valence-corrected chi connectivity index (χ4v) is 1.84. The summed E-state index contributed by atoms with van der Waals surface area (Å²) in [5.74, 6) is 1.80. The second-order valence-electron chi connectivity index (χ2n) is 3.32. The van der Waals surface area contributed by atoms with Crippen molar-refractivity contribution < 1.29 is 4.74 Å². The van der Waals surface area contributed by atoms with Crippen LogP contribution in [0.5, 0.6) is 11.5 Å². The van der Waals surface area contributed by atoms with Gasteiger partial charge in [0.2, 0.25) is 0 Å². The largest absolute Gasteiger partial charge is 0.457 e. The number of para-hydroxylation sites is 1. The summed E-state index contributed by atoms with van der Waals surface area (Å²) >= 11 is 2.28. The molecule has 0 bridgehead atoms. The molecule has 0 aliphatic heterocycles. The van der Waals surface area contributed by atoms with Crippen LogP contribution in [0.4, 0.5) is 0 Å². The van der Waals surface area contributed by atoms with Crippen molar-refractivity contribution in [3.8, 4) is 11.5 Å². The monoisotopic (exact) mass is 310 g/mol. The first kappa shape index (κ1) is 10.5. The predicted molar refractivity (Wildman–Crippen MR) is 70.4 cm³/mol. The highest BCUT2D eigenvalue weighted by Crippen LogP contribution is 2.25. The van der Waals surface area contributed by atoms with Crippen molar-refractivity contribution in [1.29, 1.82) is 0 Å². The summed E-state index contributed by atoms with van der Waals surface area (Å²) in [7, 11) is 0. The fourth-order valence-electron chi connectivity index (χ4n) is 1.33. The standard InChI is InChI=1S/C13H11IO/c1-10-5-2-3-8-13(10)15-12-7-4-6-11(14)9-12/h2-9H,1H3. The molecule has 0 aromatic heterocycles. The van der Waals surface area contributed by atoms with Gasteiger partial charge in [0, 0.05) is 3.57 Å². The van der Waals surface area contributed by atoms with Gasteiger partial charge < -0.3 is 4.74 Å². The van der Waals surface area contributed by atoms with Crippen LogP contribution in [0.2, 0.25) is 0 Å². The number of rotatable bonds is 2. The summed E-state index contributed by atoms with van der Waals surface area (Å²) < 4.78 is 6.96. The van der Waals surface area contributed by atoms with Gasteiger partial charge in [0.25, 0.3) is 0 Å². The van der Waals surface area contributed by atoms with Crippen molar-refractivity contribution in [2.24, 2.45) is 0 Å². The number of hydrogen-bond donors (Lipinski definition) is 0. The third kappa shape index (κ3) is 2.72. The first-order valence-corrected chi connectivity index (χ1v) is 5.82. The van der Waals surface area contributed by atoms with E-state index < -0.39 is 0 Å². The van der Waals surface area contributed by atoms with E-state index in [2.05, 4.69) is 22.6 Å². The molecule has 0 unspecified atom stereocenters. The average molecular weight is 310 g/mol. The summed E-state index contributed by atoms with van der Waals surface area (Å²) in [6, 6.07) is 16.0. The van der Waals surface area contributed by atoms with E-state index in [1.165, 1.54) is 3.57 Å². The molecule has 1 nitrogen and oxygen atoms in total. The molecule has 2 aromatic carbocycles. The molecule has 0 atom stereocenters. The normalized spacial score (nSPS) is 10.0. The minimum absolute atomic E-state index is 0.885. The summed E-state index contributed by atoms with van der Waals surface area (Å²) in [4.78, 5) is 0. The maximum absolute atomic E-state index is 5.79. The molecule has 15 heavy (non-hydrogen) atoms. The topological polar surface area (TPSA) is 9.23 Å². The first-order valence-electron chi connectivity index (χ1n) is 4.75. The van der Waals surface area contributed by atoms with Crippen LogP contribution in [-0.2, 0) is 0 Å². The summed E-state index contributed by atoms with van der Waals surface area (Å²) in [5, 5.41) is 0. The van der Waals surface area contributed by atoms with Gasteiger partial charge in [0.1, 0.15) is 11.5 Å². The zero-order valence-corrected chi connectivity index (χ0v) is 10.6. The molecule has 0 amide bonds. The van der Waals surface area contributed by atoms with E-state index in [9.17, 15) is 0 Å². The molecule has 76 valence electrons. The van der Waals surface area contributed by atoms with Crippen molar-refractivity contribution in [3.63, 3.8) is 0 Å². The molecular formula is C13H11IO. The van der Waals surface area contributed by atoms with Gasteiger partial charge >= 0.3 is 0 Å². The Hall–Kier alpha value is -1.03. The molecule has 0 aliphatic rings. The third-order valence-electron chi connectivity index (χ3n) is 2.12. The third-order valence-corrected chi connectivity index (χ3v) is 2.79. The van der Waals surface area contributed by atoms with Crippen molar-refractivity contribution >= 4 is 22.6 Å². The Balaban J connectivity index is 2.26. The second kappa shape index (κ2) is 4.66. The van der Waals surface area contributed by atoms with Gasteiger partial charge in [0.05, 0.1) is 0 Å². The molecule has 0 saturated carbocycles. The van der Waals surface area contributed by atoms with Crippen LogP contribution in [-0.4, -0.2) is 0 Å². The lowest BCUT2D eigenvalue weighted by molar-refractivity contribution is 0.478. The Morgan fingerprint density at radius 3 is 2.53 bits per heavy atom. The van der Waals surface area contributed by atoms with E-state index in [-0.39, 0.29) is 0 Å². The van der Waals surface area contributed by atoms with E-state index in [4.69, 9.17) is 4.74 Å². The van der Waals surface area contributed by atoms with Crippen LogP contribution in [0.25, 0.3) is 0 Å².